The van der Waals surface area contributed by atoms with Gasteiger partial charge in [-0.3, -0.25) is 9.80 Å². The van der Waals surface area contributed by atoms with E-state index in [4.69, 9.17) is 0 Å². The Morgan fingerprint density at radius 3 is 1.84 bits per heavy atom. The third kappa shape index (κ3) is 5.09. The van der Waals surface area contributed by atoms with Gasteiger partial charge in [0.05, 0.1) is 12.2 Å². The quantitative estimate of drug-likeness (QED) is 0.844. The highest BCUT2D eigenvalue weighted by Gasteiger charge is 2.22. The van der Waals surface area contributed by atoms with Gasteiger partial charge in [0.25, 0.3) is 0 Å². The van der Waals surface area contributed by atoms with Crippen molar-refractivity contribution in [2.45, 2.75) is 12.2 Å². The van der Waals surface area contributed by atoms with E-state index in [1.165, 1.54) is 12.1 Å². The molecule has 0 radical (unpaired) electrons. The van der Waals surface area contributed by atoms with E-state index in [-0.39, 0.29) is 5.82 Å². The molecule has 0 saturated carbocycles. The molecular weight excluding hydrogens is 319 g/mol. The fourth-order valence-electron chi connectivity index (χ4n) is 3.24. The molecule has 3 rings (SSSR count). The molecule has 4 nitrogen and oxygen atoms in total. The van der Waals surface area contributed by atoms with Gasteiger partial charge in [0.1, 0.15) is 5.82 Å². The zero-order chi connectivity index (χ0) is 17.6. The largest absolute Gasteiger partial charge is 0.387 e. The predicted molar refractivity (Wildman–Crippen MR) is 95.6 cm³/mol. The first-order chi connectivity index (χ1) is 12.1. The first-order valence-electron chi connectivity index (χ1n) is 8.73. The lowest BCUT2D eigenvalue weighted by Gasteiger charge is -2.36. The van der Waals surface area contributed by atoms with Crippen LogP contribution in [0.15, 0.2) is 54.6 Å². The van der Waals surface area contributed by atoms with Gasteiger partial charge in [-0.15, -0.1) is 0 Å². The Morgan fingerprint density at radius 1 is 0.760 bits per heavy atom. The minimum absolute atomic E-state index is 0.323. The molecule has 0 amide bonds. The molecule has 134 valence electrons. The molecule has 5 heteroatoms. The van der Waals surface area contributed by atoms with E-state index >= 15 is 0 Å². The average Bonchev–Trinajstić information content (AvgIpc) is 2.64. The maximum absolute atomic E-state index is 13.3. The summed E-state index contributed by atoms with van der Waals surface area (Å²) in [6.45, 7) is 4.46. The molecule has 1 heterocycles. The topological polar surface area (TPSA) is 46.9 Å². The van der Waals surface area contributed by atoms with E-state index in [1.54, 1.807) is 12.1 Å². The van der Waals surface area contributed by atoms with Crippen molar-refractivity contribution in [3.8, 4) is 0 Å². The van der Waals surface area contributed by atoms with Crippen LogP contribution in [-0.4, -0.2) is 59.3 Å². The number of β-amino-alcohol motifs (C(OH)–C–C–N with tert-alkyl or cyclic N) is 2. The SMILES string of the molecule is OC(CN1CCN(CC(O)c2cccc(F)c2)CC1)c1ccccc1. The molecule has 2 unspecified atom stereocenters. The summed E-state index contributed by atoms with van der Waals surface area (Å²) < 4.78 is 13.3. The van der Waals surface area contributed by atoms with Crippen LogP contribution < -0.4 is 0 Å². The van der Waals surface area contributed by atoms with Gasteiger partial charge in [0, 0.05) is 39.3 Å². The number of rotatable bonds is 6. The third-order valence-corrected chi connectivity index (χ3v) is 4.74. The molecule has 0 aliphatic carbocycles. The maximum Gasteiger partial charge on any atom is 0.123 e. The number of aliphatic hydroxyl groups is 2. The number of benzene rings is 2. The number of hydrogen-bond acceptors (Lipinski definition) is 4. The van der Waals surface area contributed by atoms with Crippen LogP contribution in [-0.2, 0) is 0 Å². The fourth-order valence-corrected chi connectivity index (χ4v) is 3.24. The Bertz CT molecular complexity index is 660. The van der Waals surface area contributed by atoms with Gasteiger partial charge in [-0.05, 0) is 23.3 Å². The van der Waals surface area contributed by atoms with Crippen molar-refractivity contribution in [1.29, 1.82) is 0 Å². The van der Waals surface area contributed by atoms with Gasteiger partial charge in [-0.25, -0.2) is 4.39 Å². The summed E-state index contributed by atoms with van der Waals surface area (Å²) in [4.78, 5) is 4.42. The summed E-state index contributed by atoms with van der Waals surface area (Å²) in [5.74, 6) is -0.323. The Hall–Kier alpha value is -1.79. The molecule has 1 fully saturated rings. The lowest BCUT2D eigenvalue weighted by molar-refractivity contribution is 0.0482. The molecule has 25 heavy (non-hydrogen) atoms. The van der Waals surface area contributed by atoms with Crippen molar-refractivity contribution in [2.24, 2.45) is 0 Å². The van der Waals surface area contributed by atoms with Crippen molar-refractivity contribution in [2.75, 3.05) is 39.3 Å². The molecule has 0 bridgehead atoms. The average molecular weight is 344 g/mol. The Morgan fingerprint density at radius 2 is 1.28 bits per heavy atom. The van der Waals surface area contributed by atoms with Gasteiger partial charge in [0.15, 0.2) is 0 Å². The highest BCUT2D eigenvalue weighted by atomic mass is 19.1. The molecule has 2 atom stereocenters. The number of nitrogens with zero attached hydrogens (tertiary/aromatic N) is 2. The number of aliphatic hydroxyl groups excluding tert-OH is 2. The van der Waals surface area contributed by atoms with Gasteiger partial charge in [-0.1, -0.05) is 42.5 Å². The van der Waals surface area contributed by atoms with Crippen molar-refractivity contribution in [1.82, 2.24) is 9.80 Å². The predicted octanol–water partition coefficient (Wildman–Crippen LogP) is 2.21. The number of hydrogen-bond donors (Lipinski definition) is 2. The zero-order valence-electron chi connectivity index (χ0n) is 14.3. The van der Waals surface area contributed by atoms with E-state index < -0.39 is 12.2 Å². The Labute approximate surface area is 148 Å². The second-order valence-corrected chi connectivity index (χ2v) is 6.60. The summed E-state index contributed by atoms with van der Waals surface area (Å²) >= 11 is 0. The highest BCUT2D eigenvalue weighted by Crippen LogP contribution is 2.18. The minimum atomic E-state index is -0.683. The maximum atomic E-state index is 13.3. The highest BCUT2D eigenvalue weighted by molar-refractivity contribution is 5.19. The van der Waals surface area contributed by atoms with Crippen LogP contribution in [0, 0.1) is 5.82 Å². The lowest BCUT2D eigenvalue weighted by Crippen LogP contribution is -2.48. The van der Waals surface area contributed by atoms with Crippen LogP contribution >= 0.6 is 0 Å². The van der Waals surface area contributed by atoms with Crippen LogP contribution in [0.2, 0.25) is 0 Å². The van der Waals surface area contributed by atoms with E-state index in [2.05, 4.69) is 9.80 Å². The summed E-state index contributed by atoms with van der Waals surface area (Å²) in [6.07, 6.45) is -1.16. The zero-order valence-corrected chi connectivity index (χ0v) is 14.3. The monoisotopic (exact) mass is 344 g/mol. The van der Waals surface area contributed by atoms with E-state index in [9.17, 15) is 14.6 Å². The molecule has 2 aromatic carbocycles. The molecule has 2 aromatic rings. The molecule has 0 spiro atoms. The molecule has 1 aliphatic heterocycles. The van der Waals surface area contributed by atoms with Gasteiger partial charge in [-0.2, -0.15) is 0 Å². The smallest absolute Gasteiger partial charge is 0.123 e. The molecular formula is C20H25FN2O2. The van der Waals surface area contributed by atoms with E-state index in [1.807, 2.05) is 30.3 Å². The van der Waals surface area contributed by atoms with Gasteiger partial charge < -0.3 is 10.2 Å². The standard InChI is InChI=1S/C20H25FN2O2/c21-18-8-4-7-17(13-18)20(25)15-23-11-9-22(10-12-23)14-19(24)16-5-2-1-3-6-16/h1-8,13,19-20,24-25H,9-12,14-15H2. The van der Waals surface area contributed by atoms with Crippen molar-refractivity contribution < 1.29 is 14.6 Å². The normalized spacial score (nSPS) is 18.8. The van der Waals surface area contributed by atoms with E-state index in [0.717, 1.165) is 31.7 Å². The first kappa shape index (κ1) is 18.0. The van der Waals surface area contributed by atoms with Gasteiger partial charge in [0.2, 0.25) is 0 Å². The first-order valence-corrected chi connectivity index (χ1v) is 8.73. The van der Waals surface area contributed by atoms with E-state index in [0.29, 0.717) is 18.7 Å². The minimum Gasteiger partial charge on any atom is -0.387 e. The summed E-state index contributed by atoms with van der Waals surface area (Å²) in [5.41, 5.74) is 1.55. The molecule has 0 aromatic heterocycles. The molecule has 2 N–H and O–H groups in total. The summed E-state index contributed by atoms with van der Waals surface area (Å²) in [6, 6.07) is 15.8. The Kier molecular flexibility index (Phi) is 6.15. The lowest BCUT2D eigenvalue weighted by atomic mass is 10.1. The summed E-state index contributed by atoms with van der Waals surface area (Å²) in [5, 5.41) is 20.6. The Balaban J connectivity index is 1.45. The van der Waals surface area contributed by atoms with Crippen molar-refractivity contribution >= 4 is 0 Å². The number of piperazine rings is 1. The second kappa shape index (κ2) is 8.54. The van der Waals surface area contributed by atoms with Crippen LogP contribution in [0.3, 0.4) is 0 Å². The van der Waals surface area contributed by atoms with Crippen LogP contribution in [0.4, 0.5) is 4.39 Å². The van der Waals surface area contributed by atoms with Crippen molar-refractivity contribution in [3.05, 3.63) is 71.5 Å². The van der Waals surface area contributed by atoms with Crippen LogP contribution in [0.1, 0.15) is 23.3 Å². The molecule has 1 saturated heterocycles. The van der Waals surface area contributed by atoms with Crippen LogP contribution in [0.25, 0.3) is 0 Å². The second-order valence-electron chi connectivity index (χ2n) is 6.60. The van der Waals surface area contributed by atoms with Gasteiger partial charge >= 0.3 is 0 Å². The van der Waals surface area contributed by atoms with Crippen molar-refractivity contribution in [3.63, 3.8) is 0 Å². The van der Waals surface area contributed by atoms with Crippen LogP contribution in [0.5, 0.6) is 0 Å². The summed E-state index contributed by atoms with van der Waals surface area (Å²) in [7, 11) is 0. The molecule has 1 aliphatic rings. The number of halogens is 1. The third-order valence-electron chi connectivity index (χ3n) is 4.74. The fraction of sp³-hybridized carbons (Fsp3) is 0.400.